The molecule has 0 radical (unpaired) electrons. The van der Waals surface area contributed by atoms with E-state index in [9.17, 15) is 28.0 Å². The van der Waals surface area contributed by atoms with Gasteiger partial charge in [-0.1, -0.05) is 25.9 Å². The van der Waals surface area contributed by atoms with Crippen LogP contribution in [0.25, 0.3) is 0 Å². The first-order valence-electron chi connectivity index (χ1n) is 10.5. The Morgan fingerprint density at radius 3 is 2.37 bits per heavy atom. The number of halogens is 3. The van der Waals surface area contributed by atoms with Gasteiger partial charge >= 0.3 is 12.0 Å². The molecule has 0 bridgehead atoms. The van der Waals surface area contributed by atoms with Gasteiger partial charge in [-0.05, 0) is 36.1 Å². The molecule has 1 amide bonds. The normalized spacial score (nSPS) is 12.9. The Hall–Kier alpha value is -3.48. The van der Waals surface area contributed by atoms with Crippen molar-refractivity contribution in [3.05, 3.63) is 50.1 Å². The predicted molar refractivity (Wildman–Crippen MR) is 126 cm³/mol. The van der Waals surface area contributed by atoms with Crippen molar-refractivity contribution in [1.82, 2.24) is 10.1 Å². The molecule has 2 aromatic heterocycles. The minimum absolute atomic E-state index is 0.0548. The highest BCUT2D eigenvalue weighted by Crippen LogP contribution is 2.42. The molecule has 0 aliphatic rings. The molecule has 3 aromatic rings. The lowest BCUT2D eigenvalue weighted by molar-refractivity contribution is -0.701. The number of benzene rings is 1. The summed E-state index contributed by atoms with van der Waals surface area (Å²) in [5.74, 6) is -2.10. The van der Waals surface area contributed by atoms with Crippen molar-refractivity contribution in [3.8, 4) is 5.75 Å². The zero-order chi connectivity index (χ0) is 26.3. The molecule has 0 unspecified atom stereocenters. The van der Waals surface area contributed by atoms with Gasteiger partial charge in [0.15, 0.2) is 10.3 Å². The van der Waals surface area contributed by atoms with Crippen molar-refractivity contribution in [1.29, 1.82) is 0 Å². The second kappa shape index (κ2) is 9.29. The van der Waals surface area contributed by atoms with Crippen LogP contribution in [0.4, 0.5) is 30.5 Å². The Balaban J connectivity index is 2.05. The van der Waals surface area contributed by atoms with E-state index in [0.29, 0.717) is 6.07 Å². The van der Waals surface area contributed by atoms with E-state index in [4.69, 9.17) is 4.63 Å². The molecule has 1 aromatic carbocycles. The fourth-order valence-electron chi connectivity index (χ4n) is 3.44. The number of phenolic OH excluding ortho intramolecular Hbond substituents is 1. The Bertz CT molecular complexity index is 1290. The zero-order valence-corrected chi connectivity index (χ0v) is 20.8. The summed E-state index contributed by atoms with van der Waals surface area (Å²) in [4.78, 5) is 27.8. The number of rotatable bonds is 6. The van der Waals surface area contributed by atoms with Crippen molar-refractivity contribution in [2.45, 2.75) is 39.9 Å². The highest BCUT2D eigenvalue weighted by atomic mass is 32.1. The zero-order valence-electron chi connectivity index (χ0n) is 20.0. The predicted octanol–water partition coefficient (Wildman–Crippen LogP) is 5.26. The lowest BCUT2D eigenvalue weighted by Crippen LogP contribution is -2.29. The first kappa shape index (κ1) is 26.1. The van der Waals surface area contributed by atoms with Crippen LogP contribution >= 0.6 is 11.3 Å². The summed E-state index contributed by atoms with van der Waals surface area (Å²) >= 11 is 1.55. The molecule has 4 N–H and O–H groups in total. The lowest BCUT2D eigenvalue weighted by Gasteiger charge is -2.27. The molecule has 190 valence electrons. The van der Waals surface area contributed by atoms with Crippen LogP contribution in [0.1, 0.15) is 52.5 Å². The number of nitrogens with one attached hydrogen (secondary N) is 3. The SMILES string of the molecule is Cc1ccc([C@H](Nc2c(Nc3ccc(C(F)(F)F)c(C(=O)N(C)C)c3O)[nH]o[n+]2=O)C(C)(C)C)s1. The number of hydrogen-bond acceptors (Lipinski definition) is 7. The summed E-state index contributed by atoms with van der Waals surface area (Å²) in [5, 5.41) is 18.8. The number of aromatic nitrogens is 2. The molecule has 13 heteroatoms. The minimum Gasteiger partial charge on any atom is -0.505 e. The van der Waals surface area contributed by atoms with Crippen molar-refractivity contribution >= 4 is 34.6 Å². The molecule has 35 heavy (non-hydrogen) atoms. The van der Waals surface area contributed by atoms with E-state index in [-0.39, 0.29) is 33.4 Å². The molecule has 1 atom stereocenters. The Labute approximate surface area is 203 Å². The molecular formula is C22H27F3N5O4S+. The highest BCUT2D eigenvalue weighted by molar-refractivity contribution is 7.12. The average Bonchev–Trinajstić information content (AvgIpc) is 3.30. The van der Waals surface area contributed by atoms with Crippen LogP contribution in [0.5, 0.6) is 5.75 Å². The van der Waals surface area contributed by atoms with Gasteiger partial charge in [0.2, 0.25) is 0 Å². The number of H-pyrrole nitrogens is 1. The lowest BCUT2D eigenvalue weighted by atomic mass is 9.86. The molecule has 3 rings (SSSR count). The number of carbonyl (C=O) groups is 1. The van der Waals surface area contributed by atoms with Crippen molar-refractivity contribution < 1.29 is 32.3 Å². The number of amides is 1. The minimum atomic E-state index is -4.87. The number of aryl methyl sites for hydroxylation is 1. The molecule has 0 saturated heterocycles. The van der Waals surface area contributed by atoms with Gasteiger partial charge in [-0.3, -0.25) is 10.1 Å². The van der Waals surface area contributed by atoms with Gasteiger partial charge in [-0.2, -0.15) is 13.2 Å². The van der Waals surface area contributed by atoms with Crippen LogP contribution in [0.3, 0.4) is 0 Å². The van der Waals surface area contributed by atoms with E-state index in [1.807, 2.05) is 39.8 Å². The van der Waals surface area contributed by atoms with E-state index in [0.717, 1.165) is 20.7 Å². The quantitative estimate of drug-likeness (QED) is 0.334. The molecule has 0 spiro atoms. The number of nitrogens with zero attached hydrogens (tertiary/aromatic N) is 2. The fourth-order valence-corrected chi connectivity index (χ4v) is 4.62. The van der Waals surface area contributed by atoms with E-state index in [1.165, 1.54) is 14.1 Å². The summed E-state index contributed by atoms with van der Waals surface area (Å²) in [7, 11) is 2.54. The van der Waals surface area contributed by atoms with Crippen molar-refractivity contribution in [2.75, 3.05) is 24.7 Å². The first-order chi connectivity index (χ1) is 16.1. The van der Waals surface area contributed by atoms with E-state index >= 15 is 0 Å². The number of alkyl halides is 3. The van der Waals surface area contributed by atoms with E-state index < -0.39 is 29.0 Å². The van der Waals surface area contributed by atoms with Gasteiger partial charge in [-0.15, -0.1) is 16.0 Å². The van der Waals surface area contributed by atoms with Crippen LogP contribution < -0.4 is 15.2 Å². The van der Waals surface area contributed by atoms with Gasteiger partial charge in [0.05, 0.1) is 16.8 Å². The number of anilines is 3. The van der Waals surface area contributed by atoms with Gasteiger partial charge in [0.25, 0.3) is 11.7 Å². The molecular weight excluding hydrogens is 487 g/mol. The molecule has 2 heterocycles. The van der Waals surface area contributed by atoms with Crippen LogP contribution in [0.15, 0.2) is 28.9 Å². The summed E-state index contributed by atoms with van der Waals surface area (Å²) < 4.78 is 45.6. The van der Waals surface area contributed by atoms with E-state index in [1.54, 1.807) is 11.3 Å². The van der Waals surface area contributed by atoms with Gasteiger partial charge in [0.1, 0.15) is 6.04 Å². The number of phenols is 1. The summed E-state index contributed by atoms with van der Waals surface area (Å²) in [6, 6.07) is 5.21. The fraction of sp³-hybridized carbons (Fsp3) is 0.409. The number of carbonyl (C=O) groups excluding carboxylic acids is 1. The topological polar surface area (TPSA) is 116 Å². The number of aromatic amines is 1. The Morgan fingerprint density at radius 2 is 1.86 bits per heavy atom. The first-order valence-corrected chi connectivity index (χ1v) is 11.3. The van der Waals surface area contributed by atoms with Crippen LogP contribution in [0.2, 0.25) is 0 Å². The monoisotopic (exact) mass is 514 g/mol. The maximum atomic E-state index is 13.5. The standard InChI is InChI=1S/C22H26F3N5O4S/c1-11-7-10-14(35-11)17(21(2,3)4)27-19-18(28-34-30(19)33)26-13-9-8-12(22(23,24)25)15(16(13)31)20(32)29(5)6/h7-10,17H,1-6H3,(H3-,26,27,28,31,32,33)/p+1/t17-/m0/s1. The number of thiophene rings is 1. The maximum absolute atomic E-state index is 13.5. The van der Waals surface area contributed by atoms with Gasteiger partial charge in [0, 0.05) is 29.3 Å². The summed E-state index contributed by atoms with van der Waals surface area (Å²) in [6.07, 6.45) is -4.87. The largest absolute Gasteiger partial charge is 0.505 e. The average molecular weight is 515 g/mol. The summed E-state index contributed by atoms with van der Waals surface area (Å²) in [6.45, 7) is 7.89. The van der Waals surface area contributed by atoms with E-state index in [2.05, 4.69) is 15.8 Å². The third-order valence-corrected chi connectivity index (χ3v) is 6.27. The second-order valence-electron chi connectivity index (χ2n) is 9.27. The van der Waals surface area contributed by atoms with Crippen molar-refractivity contribution in [3.63, 3.8) is 0 Å². The molecule has 0 saturated carbocycles. The van der Waals surface area contributed by atoms with Crippen molar-refractivity contribution in [2.24, 2.45) is 5.41 Å². The number of aromatic hydroxyl groups is 1. The summed E-state index contributed by atoms with van der Waals surface area (Å²) in [5.41, 5.74) is -2.78. The molecule has 9 nitrogen and oxygen atoms in total. The third kappa shape index (κ3) is 5.45. The number of hydrogen-bond donors (Lipinski definition) is 4. The van der Waals surface area contributed by atoms with Crippen LogP contribution in [0, 0.1) is 17.2 Å². The Morgan fingerprint density at radius 1 is 1.20 bits per heavy atom. The molecule has 0 aliphatic heterocycles. The Kier molecular flexibility index (Phi) is 6.93. The highest BCUT2D eigenvalue weighted by Gasteiger charge is 2.39. The second-order valence-corrected chi connectivity index (χ2v) is 10.6. The smallest absolute Gasteiger partial charge is 0.417 e. The third-order valence-electron chi connectivity index (χ3n) is 5.21. The molecule has 0 aliphatic carbocycles. The van der Waals surface area contributed by atoms with Gasteiger partial charge < -0.3 is 15.3 Å². The van der Waals surface area contributed by atoms with Gasteiger partial charge in [-0.25, -0.2) is 0 Å². The van der Waals surface area contributed by atoms with Crippen LogP contribution in [-0.4, -0.2) is 35.2 Å². The maximum Gasteiger partial charge on any atom is 0.417 e. The molecule has 0 fully saturated rings. The van der Waals surface area contributed by atoms with Crippen LogP contribution in [-0.2, 0) is 6.18 Å².